The van der Waals surface area contributed by atoms with Crippen LogP contribution in [0.4, 0.5) is 0 Å². The lowest BCUT2D eigenvalue weighted by atomic mass is 10.2. The lowest BCUT2D eigenvalue weighted by molar-refractivity contribution is 0.0699. The number of aryl methyl sites for hydroxylation is 2. The molecule has 3 aromatic rings. The fraction of sp³-hybridized carbons (Fsp3) is 0.211. The number of nitrogens with zero attached hydrogens (tertiary/aromatic N) is 1. The molecule has 0 saturated heterocycles. The molecule has 1 N–H and O–H groups in total. The highest BCUT2D eigenvalue weighted by molar-refractivity contribution is 6.03. The number of aromatic nitrogens is 1. The molecule has 0 amide bonds. The summed E-state index contributed by atoms with van der Waals surface area (Å²) in [6, 6.07) is 15.5. The SMILES string of the molecule is Cc1ccccc1OCCCn1cc(C(=O)O)c2ccccc21. The molecule has 0 spiro atoms. The first-order valence-corrected chi connectivity index (χ1v) is 7.66. The molecule has 4 heteroatoms. The second-order valence-electron chi connectivity index (χ2n) is 5.53. The minimum atomic E-state index is -0.892. The van der Waals surface area contributed by atoms with Crippen molar-refractivity contribution >= 4 is 16.9 Å². The third-order valence-corrected chi connectivity index (χ3v) is 3.91. The van der Waals surface area contributed by atoms with Crippen LogP contribution in [0.5, 0.6) is 5.75 Å². The van der Waals surface area contributed by atoms with Crippen LogP contribution in [-0.2, 0) is 6.54 Å². The van der Waals surface area contributed by atoms with E-state index in [0.717, 1.165) is 35.2 Å². The average Bonchev–Trinajstić information content (AvgIpc) is 2.92. The number of aromatic carboxylic acids is 1. The maximum Gasteiger partial charge on any atom is 0.337 e. The number of carboxylic acids is 1. The number of ether oxygens (including phenoxy) is 1. The summed E-state index contributed by atoms with van der Waals surface area (Å²) >= 11 is 0. The number of carboxylic acid groups (broad SMARTS) is 1. The third kappa shape index (κ3) is 3.21. The Morgan fingerprint density at radius 3 is 2.65 bits per heavy atom. The summed E-state index contributed by atoms with van der Waals surface area (Å²) in [5, 5.41) is 10.1. The van der Waals surface area contributed by atoms with Crippen molar-refractivity contribution in [3.05, 3.63) is 65.9 Å². The van der Waals surface area contributed by atoms with Crippen LogP contribution in [0.25, 0.3) is 10.9 Å². The number of hydrogen-bond acceptors (Lipinski definition) is 2. The van der Waals surface area contributed by atoms with E-state index in [9.17, 15) is 9.90 Å². The Morgan fingerprint density at radius 1 is 1.13 bits per heavy atom. The molecule has 118 valence electrons. The molecule has 4 nitrogen and oxygen atoms in total. The molecule has 0 unspecified atom stereocenters. The number of hydrogen-bond donors (Lipinski definition) is 1. The molecule has 0 saturated carbocycles. The molecular weight excluding hydrogens is 290 g/mol. The van der Waals surface area contributed by atoms with Gasteiger partial charge in [0.15, 0.2) is 0 Å². The first kappa shape index (κ1) is 15.2. The van der Waals surface area contributed by atoms with Crippen molar-refractivity contribution in [2.45, 2.75) is 19.9 Å². The van der Waals surface area contributed by atoms with Crippen LogP contribution in [0, 0.1) is 6.92 Å². The zero-order chi connectivity index (χ0) is 16.2. The van der Waals surface area contributed by atoms with Crippen LogP contribution in [0.1, 0.15) is 22.3 Å². The van der Waals surface area contributed by atoms with E-state index >= 15 is 0 Å². The molecule has 0 radical (unpaired) electrons. The second-order valence-corrected chi connectivity index (χ2v) is 5.53. The van der Waals surface area contributed by atoms with E-state index in [-0.39, 0.29) is 0 Å². The minimum Gasteiger partial charge on any atom is -0.493 e. The maximum atomic E-state index is 11.3. The van der Waals surface area contributed by atoms with E-state index in [2.05, 4.69) is 0 Å². The molecule has 1 heterocycles. The van der Waals surface area contributed by atoms with Gasteiger partial charge in [0.2, 0.25) is 0 Å². The molecule has 0 bridgehead atoms. The van der Waals surface area contributed by atoms with Crippen LogP contribution in [0.3, 0.4) is 0 Å². The van der Waals surface area contributed by atoms with Crippen molar-refractivity contribution in [2.24, 2.45) is 0 Å². The fourth-order valence-electron chi connectivity index (χ4n) is 2.74. The van der Waals surface area contributed by atoms with Crippen LogP contribution in [0.2, 0.25) is 0 Å². The van der Waals surface area contributed by atoms with Crippen LogP contribution >= 0.6 is 0 Å². The highest BCUT2D eigenvalue weighted by Crippen LogP contribution is 2.22. The van der Waals surface area contributed by atoms with Crippen LogP contribution in [0.15, 0.2) is 54.7 Å². The number of rotatable bonds is 6. The predicted molar refractivity (Wildman–Crippen MR) is 90.2 cm³/mol. The first-order chi connectivity index (χ1) is 11.2. The van der Waals surface area contributed by atoms with Crippen LogP contribution in [-0.4, -0.2) is 22.2 Å². The molecule has 0 fully saturated rings. The molecular formula is C19H19NO3. The summed E-state index contributed by atoms with van der Waals surface area (Å²) < 4.78 is 7.78. The van der Waals surface area contributed by atoms with Crippen molar-refractivity contribution in [1.29, 1.82) is 0 Å². The monoisotopic (exact) mass is 309 g/mol. The normalized spacial score (nSPS) is 10.8. The van der Waals surface area contributed by atoms with E-state index in [0.29, 0.717) is 12.2 Å². The Hall–Kier alpha value is -2.75. The third-order valence-electron chi connectivity index (χ3n) is 3.91. The highest BCUT2D eigenvalue weighted by atomic mass is 16.5. The molecule has 23 heavy (non-hydrogen) atoms. The standard InChI is InChI=1S/C19H19NO3/c1-14-7-2-5-10-18(14)23-12-6-11-20-13-16(19(21)22)15-8-3-4-9-17(15)20/h2-5,7-10,13H,6,11-12H2,1H3,(H,21,22). The summed E-state index contributed by atoms with van der Waals surface area (Å²) in [7, 11) is 0. The van der Waals surface area contributed by atoms with E-state index in [1.807, 2.05) is 60.0 Å². The predicted octanol–water partition coefficient (Wildman–Crippen LogP) is 4.12. The zero-order valence-electron chi connectivity index (χ0n) is 13.0. The molecule has 1 aromatic heterocycles. The quantitative estimate of drug-likeness (QED) is 0.697. The summed E-state index contributed by atoms with van der Waals surface area (Å²) in [5.74, 6) is 0.00667. The maximum absolute atomic E-state index is 11.3. The van der Waals surface area contributed by atoms with Crippen molar-refractivity contribution in [3.8, 4) is 5.75 Å². The van der Waals surface area contributed by atoms with Crippen LogP contribution < -0.4 is 4.74 Å². The van der Waals surface area contributed by atoms with Crippen molar-refractivity contribution < 1.29 is 14.6 Å². The van der Waals surface area contributed by atoms with Gasteiger partial charge in [0, 0.05) is 23.6 Å². The van der Waals surface area contributed by atoms with Crippen molar-refractivity contribution in [1.82, 2.24) is 4.57 Å². The summed E-state index contributed by atoms with van der Waals surface area (Å²) in [6.45, 7) is 3.34. The second kappa shape index (κ2) is 6.57. The fourth-order valence-corrected chi connectivity index (χ4v) is 2.74. The van der Waals surface area contributed by atoms with Gasteiger partial charge in [0.1, 0.15) is 5.75 Å². The van der Waals surface area contributed by atoms with Gasteiger partial charge in [-0.25, -0.2) is 4.79 Å². The topological polar surface area (TPSA) is 51.5 Å². The van der Waals surface area contributed by atoms with Crippen molar-refractivity contribution in [2.75, 3.05) is 6.61 Å². The Balaban J connectivity index is 1.68. The summed E-state index contributed by atoms with van der Waals surface area (Å²) in [6.07, 6.45) is 2.52. The Bertz CT molecular complexity index is 836. The average molecular weight is 309 g/mol. The molecule has 3 rings (SSSR count). The van der Waals surface area contributed by atoms with Gasteiger partial charge in [-0.3, -0.25) is 0 Å². The molecule has 0 aliphatic heterocycles. The Labute approximate surface area is 134 Å². The van der Waals surface area contributed by atoms with Gasteiger partial charge >= 0.3 is 5.97 Å². The molecule has 0 aliphatic carbocycles. The van der Waals surface area contributed by atoms with E-state index < -0.39 is 5.97 Å². The summed E-state index contributed by atoms with van der Waals surface area (Å²) in [5.41, 5.74) is 2.41. The van der Waals surface area contributed by atoms with Gasteiger partial charge < -0.3 is 14.4 Å². The number of carbonyl (C=O) groups is 1. The smallest absolute Gasteiger partial charge is 0.337 e. The lowest BCUT2D eigenvalue weighted by Crippen LogP contribution is -2.04. The van der Waals surface area contributed by atoms with Gasteiger partial charge in [-0.2, -0.15) is 0 Å². The zero-order valence-corrected chi connectivity index (χ0v) is 13.0. The number of fused-ring (bicyclic) bond motifs is 1. The highest BCUT2D eigenvalue weighted by Gasteiger charge is 2.13. The molecule has 0 atom stereocenters. The molecule has 0 aliphatic rings. The van der Waals surface area contributed by atoms with Crippen molar-refractivity contribution in [3.63, 3.8) is 0 Å². The Kier molecular flexibility index (Phi) is 4.33. The largest absolute Gasteiger partial charge is 0.493 e. The summed E-state index contributed by atoms with van der Waals surface area (Å²) in [4.78, 5) is 11.3. The number of benzene rings is 2. The minimum absolute atomic E-state index is 0.348. The van der Waals surface area contributed by atoms with Gasteiger partial charge in [-0.15, -0.1) is 0 Å². The number of para-hydroxylation sites is 2. The van der Waals surface area contributed by atoms with Gasteiger partial charge in [-0.1, -0.05) is 36.4 Å². The molecule has 2 aromatic carbocycles. The van der Waals surface area contributed by atoms with Gasteiger partial charge in [-0.05, 0) is 31.0 Å². The van der Waals surface area contributed by atoms with Gasteiger partial charge in [0.05, 0.1) is 12.2 Å². The van der Waals surface area contributed by atoms with Gasteiger partial charge in [0.25, 0.3) is 0 Å². The van der Waals surface area contributed by atoms with E-state index in [1.165, 1.54) is 0 Å². The lowest BCUT2D eigenvalue weighted by Gasteiger charge is -2.09. The van der Waals surface area contributed by atoms with E-state index in [1.54, 1.807) is 6.20 Å². The first-order valence-electron chi connectivity index (χ1n) is 7.66. The van der Waals surface area contributed by atoms with E-state index in [4.69, 9.17) is 4.74 Å². The Morgan fingerprint density at radius 2 is 1.87 bits per heavy atom.